The lowest BCUT2D eigenvalue weighted by atomic mass is 9.71. The zero-order valence-electron chi connectivity index (χ0n) is 17.8. The average molecular weight is 359 g/mol. The molecule has 0 aromatic heterocycles. The third kappa shape index (κ3) is 5.25. The zero-order valence-corrected chi connectivity index (χ0v) is 17.8. The molecule has 1 aromatic rings. The molecule has 0 spiro atoms. The molecule has 0 unspecified atom stereocenters. The average Bonchev–Trinajstić information content (AvgIpc) is 2.54. The van der Waals surface area contributed by atoms with Crippen LogP contribution in [0.5, 0.6) is 0 Å². The smallest absolute Gasteiger partial charge is 0.319 e. The monoisotopic (exact) mass is 358 g/mol. The number of carbonyl (C=O) groups excluding carboxylic acids is 1. The molecule has 146 valence electrons. The van der Waals surface area contributed by atoms with Crippen LogP contribution in [0.15, 0.2) is 18.2 Å². The Labute approximate surface area is 160 Å². The Hall–Kier alpha value is -1.51. The second kappa shape index (κ2) is 8.45. The minimum Gasteiger partial charge on any atom is -0.335 e. The van der Waals surface area contributed by atoms with Crippen molar-refractivity contribution >= 4 is 11.7 Å². The van der Waals surface area contributed by atoms with Gasteiger partial charge in [0.1, 0.15) is 0 Å². The number of urea groups is 1. The number of amides is 2. The minimum atomic E-state index is -0.0563. The summed E-state index contributed by atoms with van der Waals surface area (Å²) in [6.45, 7) is 15.7. The van der Waals surface area contributed by atoms with Gasteiger partial charge in [-0.25, -0.2) is 4.79 Å². The van der Waals surface area contributed by atoms with E-state index in [1.807, 2.05) is 0 Å². The van der Waals surface area contributed by atoms with Crippen molar-refractivity contribution in [3.63, 3.8) is 0 Å². The number of hydrogen-bond donors (Lipinski definition) is 2. The van der Waals surface area contributed by atoms with Gasteiger partial charge in [0.25, 0.3) is 0 Å². The molecular weight excluding hydrogens is 320 g/mol. The fourth-order valence-electron chi connectivity index (χ4n) is 4.13. The van der Waals surface area contributed by atoms with Gasteiger partial charge in [0.15, 0.2) is 0 Å². The summed E-state index contributed by atoms with van der Waals surface area (Å²) < 4.78 is 0. The number of para-hydroxylation sites is 1. The van der Waals surface area contributed by atoms with Crippen molar-refractivity contribution in [1.82, 2.24) is 5.32 Å². The summed E-state index contributed by atoms with van der Waals surface area (Å²) in [5, 5.41) is 6.40. The summed E-state index contributed by atoms with van der Waals surface area (Å²) in [5.74, 6) is 1.52. The van der Waals surface area contributed by atoms with Crippen molar-refractivity contribution in [2.24, 2.45) is 11.3 Å². The summed E-state index contributed by atoms with van der Waals surface area (Å²) in [6.07, 6.45) is 4.57. The quantitative estimate of drug-likeness (QED) is 0.621. The molecule has 1 fully saturated rings. The van der Waals surface area contributed by atoms with E-state index in [0.717, 1.165) is 24.4 Å². The normalized spacial score (nSPS) is 21.1. The van der Waals surface area contributed by atoms with E-state index in [1.165, 1.54) is 24.0 Å². The molecule has 26 heavy (non-hydrogen) atoms. The molecule has 2 rings (SSSR count). The van der Waals surface area contributed by atoms with Crippen molar-refractivity contribution < 1.29 is 4.79 Å². The maximum Gasteiger partial charge on any atom is 0.319 e. The molecular formula is C23H38N2O. The van der Waals surface area contributed by atoms with Crippen LogP contribution < -0.4 is 10.6 Å². The van der Waals surface area contributed by atoms with Crippen molar-refractivity contribution in [3.8, 4) is 0 Å². The number of nitrogens with one attached hydrogen (secondary N) is 2. The maximum absolute atomic E-state index is 12.7. The van der Waals surface area contributed by atoms with Gasteiger partial charge in [-0.15, -0.1) is 0 Å². The lowest BCUT2D eigenvalue weighted by Crippen LogP contribution is -2.41. The first-order chi connectivity index (χ1) is 12.1. The van der Waals surface area contributed by atoms with Crippen LogP contribution in [-0.2, 0) is 0 Å². The minimum absolute atomic E-state index is 0.0563. The van der Waals surface area contributed by atoms with Crippen molar-refractivity contribution in [2.75, 3.05) is 5.32 Å². The van der Waals surface area contributed by atoms with Gasteiger partial charge in [0.05, 0.1) is 0 Å². The standard InChI is InChI=1S/C23H38N2O/c1-15(2)19-9-8-10-20(16(3)4)21(19)25-22(26)24-18-13-11-17(12-14-18)23(5,6)7/h8-10,15-18H,11-14H2,1-7H3,(H2,24,25,26)/t17-,18+. The first-order valence-corrected chi connectivity index (χ1v) is 10.3. The van der Waals surface area contributed by atoms with E-state index in [4.69, 9.17) is 0 Å². The number of carbonyl (C=O) groups is 1. The fraction of sp³-hybridized carbons (Fsp3) is 0.696. The third-order valence-electron chi connectivity index (χ3n) is 5.90. The highest BCUT2D eigenvalue weighted by molar-refractivity contribution is 5.91. The van der Waals surface area contributed by atoms with Crippen LogP contribution in [0.4, 0.5) is 10.5 Å². The molecule has 0 bridgehead atoms. The SMILES string of the molecule is CC(C)c1cccc(C(C)C)c1NC(=O)N[C@H]1CC[C@@H](C(C)(C)C)CC1. The zero-order chi connectivity index (χ0) is 19.5. The first-order valence-electron chi connectivity index (χ1n) is 10.3. The molecule has 0 saturated heterocycles. The van der Waals surface area contributed by atoms with Gasteiger partial charge < -0.3 is 10.6 Å². The van der Waals surface area contributed by atoms with E-state index in [9.17, 15) is 4.79 Å². The molecule has 0 heterocycles. The second-order valence-electron chi connectivity index (χ2n) is 9.63. The van der Waals surface area contributed by atoms with Crippen LogP contribution in [0.3, 0.4) is 0 Å². The Balaban J connectivity index is 2.03. The molecule has 3 nitrogen and oxygen atoms in total. The Kier molecular flexibility index (Phi) is 6.76. The summed E-state index contributed by atoms with van der Waals surface area (Å²) in [4.78, 5) is 12.7. The van der Waals surface area contributed by atoms with Gasteiger partial charge in [-0.1, -0.05) is 66.7 Å². The van der Waals surface area contributed by atoms with Crippen LogP contribution >= 0.6 is 0 Å². The van der Waals surface area contributed by atoms with Crippen LogP contribution in [0.2, 0.25) is 0 Å². The highest BCUT2D eigenvalue weighted by atomic mass is 16.2. The summed E-state index contributed by atoms with van der Waals surface area (Å²) in [5.41, 5.74) is 3.79. The lowest BCUT2D eigenvalue weighted by molar-refractivity contribution is 0.161. The lowest BCUT2D eigenvalue weighted by Gasteiger charge is -2.37. The topological polar surface area (TPSA) is 41.1 Å². The van der Waals surface area contributed by atoms with Crippen LogP contribution in [0.25, 0.3) is 0 Å². The second-order valence-corrected chi connectivity index (χ2v) is 9.63. The summed E-state index contributed by atoms with van der Waals surface area (Å²) >= 11 is 0. The van der Waals surface area contributed by atoms with Gasteiger partial charge in [-0.3, -0.25) is 0 Å². The molecule has 1 aliphatic carbocycles. The molecule has 0 radical (unpaired) electrons. The highest BCUT2D eigenvalue weighted by Crippen LogP contribution is 2.38. The van der Waals surface area contributed by atoms with Crippen LogP contribution in [0, 0.1) is 11.3 Å². The molecule has 0 atom stereocenters. The number of anilines is 1. The maximum atomic E-state index is 12.7. The molecule has 2 amide bonds. The third-order valence-corrected chi connectivity index (χ3v) is 5.90. The van der Waals surface area contributed by atoms with E-state index in [0.29, 0.717) is 23.3 Å². The van der Waals surface area contributed by atoms with E-state index < -0.39 is 0 Å². The predicted octanol–water partition coefficient (Wildman–Crippen LogP) is 6.66. The van der Waals surface area contributed by atoms with Crippen LogP contribution in [-0.4, -0.2) is 12.1 Å². The number of benzene rings is 1. The predicted molar refractivity (Wildman–Crippen MR) is 112 cm³/mol. The van der Waals surface area contributed by atoms with Gasteiger partial charge in [0.2, 0.25) is 0 Å². The van der Waals surface area contributed by atoms with E-state index in [2.05, 4.69) is 77.3 Å². The Morgan fingerprint density at radius 2 is 1.46 bits per heavy atom. The number of hydrogen-bond acceptors (Lipinski definition) is 1. The Morgan fingerprint density at radius 1 is 0.962 bits per heavy atom. The summed E-state index contributed by atoms with van der Waals surface area (Å²) in [6, 6.07) is 6.59. The van der Waals surface area contributed by atoms with Gasteiger partial charge in [-0.05, 0) is 60.0 Å². The van der Waals surface area contributed by atoms with E-state index >= 15 is 0 Å². The fourth-order valence-corrected chi connectivity index (χ4v) is 4.13. The van der Waals surface area contributed by atoms with Gasteiger partial charge in [0, 0.05) is 11.7 Å². The highest BCUT2D eigenvalue weighted by Gasteiger charge is 2.30. The molecule has 1 aromatic carbocycles. The summed E-state index contributed by atoms with van der Waals surface area (Å²) in [7, 11) is 0. The Bertz CT molecular complexity index is 579. The van der Waals surface area contributed by atoms with E-state index in [-0.39, 0.29) is 6.03 Å². The molecule has 1 saturated carbocycles. The van der Waals surface area contributed by atoms with Crippen LogP contribution in [0.1, 0.15) is 97.1 Å². The van der Waals surface area contributed by atoms with Gasteiger partial charge in [-0.2, -0.15) is 0 Å². The van der Waals surface area contributed by atoms with E-state index in [1.54, 1.807) is 0 Å². The molecule has 2 N–H and O–H groups in total. The molecule has 3 heteroatoms. The largest absolute Gasteiger partial charge is 0.335 e. The van der Waals surface area contributed by atoms with Crippen molar-refractivity contribution in [3.05, 3.63) is 29.3 Å². The first kappa shape index (κ1) is 20.8. The van der Waals surface area contributed by atoms with Crippen molar-refractivity contribution in [1.29, 1.82) is 0 Å². The van der Waals surface area contributed by atoms with Gasteiger partial charge >= 0.3 is 6.03 Å². The molecule has 1 aliphatic rings. The van der Waals surface area contributed by atoms with Crippen molar-refractivity contribution in [2.45, 2.75) is 92.0 Å². The molecule has 0 aliphatic heterocycles. The Morgan fingerprint density at radius 3 is 1.88 bits per heavy atom. The number of rotatable bonds is 4.